The highest BCUT2D eigenvalue weighted by Gasteiger charge is 2.39. The molecule has 0 unspecified atom stereocenters. The first-order valence-corrected chi connectivity index (χ1v) is 12.9. The van der Waals surface area contributed by atoms with Crippen molar-refractivity contribution < 1.29 is 22.7 Å². The molecule has 3 heterocycles. The summed E-state index contributed by atoms with van der Waals surface area (Å²) in [6.07, 6.45) is 1.76. The van der Waals surface area contributed by atoms with E-state index in [9.17, 15) is 18.0 Å². The van der Waals surface area contributed by atoms with Gasteiger partial charge in [0.2, 0.25) is 5.91 Å². The van der Waals surface area contributed by atoms with Crippen LogP contribution in [-0.2, 0) is 16.1 Å². The summed E-state index contributed by atoms with van der Waals surface area (Å²) in [7, 11) is 0. The van der Waals surface area contributed by atoms with E-state index in [2.05, 4.69) is 27.8 Å². The summed E-state index contributed by atoms with van der Waals surface area (Å²) in [6, 6.07) is 8.27. The van der Waals surface area contributed by atoms with Gasteiger partial charge >= 0.3 is 6.18 Å². The number of rotatable bonds is 4. The van der Waals surface area contributed by atoms with Crippen LogP contribution in [0.5, 0.6) is 0 Å². The molecule has 2 N–H and O–H groups in total. The average Bonchev–Trinajstić information content (AvgIpc) is 3.05. The minimum absolute atomic E-state index is 0.0223. The maximum absolute atomic E-state index is 13.9. The van der Waals surface area contributed by atoms with Crippen LogP contribution in [0.3, 0.4) is 0 Å². The summed E-state index contributed by atoms with van der Waals surface area (Å²) in [4.78, 5) is 20.2. The number of ether oxygens (including phenoxy) is 1. The molecule has 194 valence electrons. The van der Waals surface area contributed by atoms with Gasteiger partial charge in [-0.25, -0.2) is 4.98 Å². The maximum atomic E-state index is 13.9. The Morgan fingerprint density at radius 3 is 2.72 bits per heavy atom. The Morgan fingerprint density at radius 1 is 1.19 bits per heavy atom. The number of alkyl halides is 3. The number of pyridine rings is 1. The Balaban J connectivity index is 1.37. The van der Waals surface area contributed by atoms with Crippen LogP contribution in [0.25, 0.3) is 0 Å². The van der Waals surface area contributed by atoms with Crippen LogP contribution in [0.2, 0.25) is 0 Å². The van der Waals surface area contributed by atoms with Gasteiger partial charge in [-0.2, -0.15) is 13.2 Å². The van der Waals surface area contributed by atoms with Gasteiger partial charge in [-0.1, -0.05) is 12.1 Å². The second-order valence-corrected chi connectivity index (χ2v) is 10.2. The predicted octanol–water partition coefficient (Wildman–Crippen LogP) is 5.67. The van der Waals surface area contributed by atoms with E-state index in [0.717, 1.165) is 54.7 Å². The van der Waals surface area contributed by atoms with E-state index in [0.29, 0.717) is 44.8 Å². The molecule has 2 atom stereocenters. The molecule has 1 aliphatic carbocycles. The van der Waals surface area contributed by atoms with E-state index in [4.69, 9.17) is 4.74 Å². The average molecular weight is 503 g/mol. The van der Waals surface area contributed by atoms with E-state index >= 15 is 0 Å². The molecule has 1 amide bonds. The van der Waals surface area contributed by atoms with Crippen molar-refractivity contribution in [3.05, 3.63) is 47.7 Å². The molecule has 9 heteroatoms. The van der Waals surface area contributed by atoms with Gasteiger partial charge in [0.1, 0.15) is 11.9 Å². The van der Waals surface area contributed by atoms with E-state index < -0.39 is 12.2 Å². The van der Waals surface area contributed by atoms with Crippen LogP contribution in [0.15, 0.2) is 36.5 Å². The van der Waals surface area contributed by atoms with Crippen LogP contribution in [-0.4, -0.2) is 42.4 Å². The predicted molar refractivity (Wildman–Crippen MR) is 132 cm³/mol. The summed E-state index contributed by atoms with van der Waals surface area (Å²) in [5.74, 6) is 0.824. The Hall–Kier alpha value is -2.65. The van der Waals surface area contributed by atoms with E-state index in [-0.39, 0.29) is 17.9 Å². The van der Waals surface area contributed by atoms with E-state index in [1.807, 2.05) is 23.1 Å². The van der Waals surface area contributed by atoms with Crippen LogP contribution in [0.4, 0.5) is 30.4 Å². The third-order valence-corrected chi connectivity index (χ3v) is 7.74. The molecule has 2 aliphatic heterocycles. The largest absolute Gasteiger partial charge is 0.403 e. The summed E-state index contributed by atoms with van der Waals surface area (Å²) >= 11 is 0. The summed E-state index contributed by atoms with van der Waals surface area (Å²) in [5, 5.41) is 6.11. The second-order valence-electron chi connectivity index (χ2n) is 10.2. The number of amides is 1. The molecule has 0 spiro atoms. The standard InChI is InChI=1S/C27H33F3N4O2/c1-17(27(28,29)30)32-22-9-6-18(7-10-22)26(35)34-15-20-4-2-12-31-25(20)33-23-11-8-19(14-24(23)34)21-5-3-13-36-16-21/h2,4,8,11-12,14,17-18,21-22,32H,3,5-7,9-10,13,15-16H2,1H3,(H,31,33)/t17-,18-,21+,22-/m0/s1. The number of nitrogens with zero attached hydrogens (tertiary/aromatic N) is 2. The van der Waals surface area contributed by atoms with Crippen molar-refractivity contribution in [2.45, 2.75) is 76.2 Å². The number of hydrogen-bond acceptors (Lipinski definition) is 5. The highest BCUT2D eigenvalue weighted by atomic mass is 19.4. The monoisotopic (exact) mass is 502 g/mol. The zero-order valence-corrected chi connectivity index (χ0v) is 20.5. The lowest BCUT2D eigenvalue weighted by Crippen LogP contribution is -2.47. The fourth-order valence-electron chi connectivity index (χ4n) is 5.57. The molecule has 6 nitrogen and oxygen atoms in total. The first kappa shape index (κ1) is 25.0. The van der Waals surface area contributed by atoms with Crippen molar-refractivity contribution in [3.8, 4) is 0 Å². The molecular weight excluding hydrogens is 469 g/mol. The number of benzene rings is 1. The van der Waals surface area contributed by atoms with Gasteiger partial charge < -0.3 is 20.3 Å². The Bertz CT molecular complexity index is 1080. The van der Waals surface area contributed by atoms with Gasteiger partial charge in [0.25, 0.3) is 0 Å². The molecule has 5 rings (SSSR count). The number of carbonyl (C=O) groups excluding carboxylic acids is 1. The molecule has 1 saturated carbocycles. The van der Waals surface area contributed by atoms with Crippen molar-refractivity contribution in [2.75, 3.05) is 23.4 Å². The molecule has 36 heavy (non-hydrogen) atoms. The molecule has 1 aromatic carbocycles. The second kappa shape index (κ2) is 10.4. The number of aromatic nitrogens is 1. The number of anilines is 3. The molecular formula is C27H33F3N4O2. The number of carbonyl (C=O) groups is 1. The summed E-state index contributed by atoms with van der Waals surface area (Å²) in [5.41, 5.74) is 3.74. The number of hydrogen-bond donors (Lipinski definition) is 2. The first-order valence-electron chi connectivity index (χ1n) is 12.9. The van der Waals surface area contributed by atoms with Gasteiger partial charge in [-0.3, -0.25) is 4.79 Å². The number of fused-ring (bicyclic) bond motifs is 2. The topological polar surface area (TPSA) is 66.5 Å². The van der Waals surface area contributed by atoms with Gasteiger partial charge in [-0.05, 0) is 69.2 Å². The Kier molecular flexibility index (Phi) is 7.21. The maximum Gasteiger partial charge on any atom is 0.403 e. The lowest BCUT2D eigenvalue weighted by molar-refractivity contribution is -0.154. The van der Waals surface area contributed by atoms with Crippen molar-refractivity contribution in [3.63, 3.8) is 0 Å². The molecule has 0 radical (unpaired) electrons. The Labute approximate surface area is 209 Å². The van der Waals surface area contributed by atoms with Crippen molar-refractivity contribution in [1.29, 1.82) is 0 Å². The van der Waals surface area contributed by atoms with Crippen LogP contribution in [0.1, 0.15) is 62.5 Å². The van der Waals surface area contributed by atoms with E-state index in [1.165, 1.54) is 0 Å². The molecule has 0 bridgehead atoms. The highest BCUT2D eigenvalue weighted by molar-refractivity contribution is 5.99. The minimum Gasteiger partial charge on any atom is -0.381 e. The number of nitrogens with one attached hydrogen (secondary N) is 2. The lowest BCUT2D eigenvalue weighted by Gasteiger charge is -2.34. The Morgan fingerprint density at radius 2 is 2.00 bits per heavy atom. The van der Waals surface area contributed by atoms with Crippen molar-refractivity contribution in [2.24, 2.45) is 5.92 Å². The van der Waals surface area contributed by atoms with Gasteiger partial charge in [-0.15, -0.1) is 0 Å². The summed E-state index contributed by atoms with van der Waals surface area (Å²) in [6.45, 7) is 3.01. The molecule has 3 aliphatic rings. The lowest BCUT2D eigenvalue weighted by atomic mass is 9.84. The fourth-order valence-corrected chi connectivity index (χ4v) is 5.57. The van der Waals surface area contributed by atoms with Gasteiger partial charge in [0.05, 0.1) is 24.5 Å². The molecule has 1 saturated heterocycles. The third-order valence-electron chi connectivity index (χ3n) is 7.74. The summed E-state index contributed by atoms with van der Waals surface area (Å²) < 4.78 is 44.6. The van der Waals surface area contributed by atoms with Crippen LogP contribution < -0.4 is 15.5 Å². The third kappa shape index (κ3) is 5.37. The van der Waals surface area contributed by atoms with Gasteiger partial charge in [0.15, 0.2) is 0 Å². The van der Waals surface area contributed by atoms with E-state index in [1.54, 1.807) is 6.20 Å². The highest BCUT2D eigenvalue weighted by Crippen LogP contribution is 2.40. The van der Waals surface area contributed by atoms with Gasteiger partial charge in [0, 0.05) is 36.2 Å². The van der Waals surface area contributed by atoms with Crippen molar-refractivity contribution >= 4 is 23.1 Å². The zero-order valence-electron chi connectivity index (χ0n) is 20.5. The molecule has 2 fully saturated rings. The normalized spacial score (nSPS) is 25.2. The number of halogens is 3. The smallest absolute Gasteiger partial charge is 0.381 e. The minimum atomic E-state index is -4.27. The molecule has 1 aromatic heterocycles. The van der Waals surface area contributed by atoms with Crippen LogP contribution in [0, 0.1) is 5.92 Å². The SMILES string of the molecule is C[C@H](N[C@H]1CC[C@H](C(=O)N2Cc3cccnc3Nc3ccc([C@@H]4CCCOC4)cc32)CC1)C(F)(F)F. The quantitative estimate of drug-likeness (QED) is 0.564. The van der Waals surface area contributed by atoms with Crippen molar-refractivity contribution in [1.82, 2.24) is 10.3 Å². The fraction of sp³-hybridized carbons (Fsp3) is 0.556. The first-order chi connectivity index (χ1) is 17.3. The van der Waals surface area contributed by atoms with Crippen LogP contribution >= 0.6 is 0 Å². The molecule has 2 aromatic rings. The zero-order chi connectivity index (χ0) is 25.3.